The third-order valence-electron chi connectivity index (χ3n) is 8.84. The van der Waals surface area contributed by atoms with Gasteiger partial charge in [0.25, 0.3) is 0 Å². The molecule has 10 heteroatoms. The highest BCUT2D eigenvalue weighted by atomic mass is 35.5. The van der Waals surface area contributed by atoms with Crippen LogP contribution in [-0.2, 0) is 37.6 Å². The Morgan fingerprint density at radius 2 is 1.62 bits per heavy atom. The first-order chi connectivity index (χ1) is 21.6. The summed E-state index contributed by atoms with van der Waals surface area (Å²) >= 11 is 6.12. The zero-order valence-corrected chi connectivity index (χ0v) is 26.5. The Kier molecular flexibility index (Phi) is 9.90. The first-order valence-electron chi connectivity index (χ1n) is 15.3. The first kappa shape index (κ1) is 32.2. The topological polar surface area (TPSA) is 125 Å². The van der Waals surface area contributed by atoms with E-state index in [0.717, 1.165) is 16.7 Å². The Labute approximate surface area is 269 Å². The number of nitrogens with two attached hydrogens (primary N) is 1. The molecule has 1 fully saturated rings. The molecule has 2 heterocycles. The molecule has 0 saturated carbocycles. The molecule has 5 rings (SSSR count). The molecule has 0 bridgehead atoms. The third kappa shape index (κ3) is 7.37. The summed E-state index contributed by atoms with van der Waals surface area (Å²) in [6.07, 6.45) is 0.574. The maximum Gasteiger partial charge on any atom is 0.246 e. The van der Waals surface area contributed by atoms with Crippen molar-refractivity contribution in [2.45, 2.75) is 63.6 Å². The summed E-state index contributed by atoms with van der Waals surface area (Å²) in [5, 5.41) is 6.26. The minimum absolute atomic E-state index is 0.00797. The van der Waals surface area contributed by atoms with Gasteiger partial charge in [0.15, 0.2) is 0 Å². The number of benzene rings is 3. The molecule has 0 spiro atoms. The monoisotopic (exact) mass is 629 g/mol. The first-order valence-corrected chi connectivity index (χ1v) is 15.7. The molecule has 2 atom stereocenters. The van der Waals surface area contributed by atoms with Crippen LogP contribution < -0.4 is 16.4 Å². The average molecular weight is 630 g/mol. The van der Waals surface area contributed by atoms with Gasteiger partial charge in [0.1, 0.15) is 12.1 Å². The number of likely N-dealkylation sites (tertiary alicyclic amines) is 1. The molecular formula is C35H40ClN5O4. The van der Waals surface area contributed by atoms with Gasteiger partial charge < -0.3 is 26.2 Å². The number of anilines is 1. The van der Waals surface area contributed by atoms with E-state index in [1.54, 1.807) is 23.1 Å². The lowest BCUT2D eigenvalue weighted by atomic mass is 9.75. The van der Waals surface area contributed by atoms with E-state index < -0.39 is 23.9 Å². The molecule has 4 N–H and O–H groups in total. The van der Waals surface area contributed by atoms with Gasteiger partial charge >= 0.3 is 0 Å². The van der Waals surface area contributed by atoms with Crippen LogP contribution in [0.25, 0.3) is 0 Å². The standard InChI is InChI=1S/C35H40ClN5O4/c1-23-18-27(12-13-28(23)36)38-33(44)29(16-17-37)39-34(45)30-19-24-8-6-7-9-25(24)20-41(30)32(43)15-14-31(42)40-21-35(2,22-40)26-10-4-3-5-11-26/h3-13,18,29-30H,14-17,19-22,37H2,1-2H3,(H,38,44)(H,39,45)/t29-,30-/m0/s1. The van der Waals surface area contributed by atoms with E-state index in [9.17, 15) is 19.2 Å². The Morgan fingerprint density at radius 1 is 0.956 bits per heavy atom. The van der Waals surface area contributed by atoms with E-state index in [-0.39, 0.29) is 49.6 Å². The number of rotatable bonds is 10. The lowest BCUT2D eigenvalue weighted by Gasteiger charge is -2.48. The van der Waals surface area contributed by atoms with Crippen molar-refractivity contribution in [1.29, 1.82) is 0 Å². The molecule has 1 saturated heterocycles. The van der Waals surface area contributed by atoms with Crippen molar-refractivity contribution in [1.82, 2.24) is 15.1 Å². The second-order valence-corrected chi connectivity index (χ2v) is 12.7. The fourth-order valence-corrected chi connectivity index (χ4v) is 6.30. The zero-order valence-electron chi connectivity index (χ0n) is 25.7. The lowest BCUT2D eigenvalue weighted by molar-refractivity contribution is -0.145. The van der Waals surface area contributed by atoms with E-state index in [1.807, 2.05) is 49.4 Å². The normalized spacial score (nSPS) is 17.5. The number of amides is 4. The minimum atomic E-state index is -0.903. The van der Waals surface area contributed by atoms with Crippen LogP contribution in [-0.4, -0.2) is 65.1 Å². The Hall–Kier alpha value is -4.21. The minimum Gasteiger partial charge on any atom is -0.342 e. The van der Waals surface area contributed by atoms with Gasteiger partial charge in [-0.1, -0.05) is 73.1 Å². The number of hydrogen-bond acceptors (Lipinski definition) is 5. The molecule has 2 aliphatic rings. The number of nitrogens with one attached hydrogen (secondary N) is 2. The molecule has 0 radical (unpaired) electrons. The van der Waals surface area contributed by atoms with Crippen LogP contribution >= 0.6 is 11.6 Å². The SMILES string of the molecule is Cc1cc(NC(=O)[C@H](CCN)NC(=O)[C@@H]2Cc3ccccc3CN2C(=O)CCC(=O)N2CC(C)(c3ccccc3)C2)ccc1Cl. The van der Waals surface area contributed by atoms with Gasteiger partial charge in [-0.2, -0.15) is 0 Å². The van der Waals surface area contributed by atoms with Crippen LogP contribution in [0.15, 0.2) is 72.8 Å². The summed E-state index contributed by atoms with van der Waals surface area (Å²) in [5.41, 5.74) is 10.2. The van der Waals surface area contributed by atoms with Crippen LogP contribution in [0.1, 0.15) is 48.4 Å². The van der Waals surface area contributed by atoms with Crippen molar-refractivity contribution in [3.8, 4) is 0 Å². The lowest BCUT2D eigenvalue weighted by Crippen LogP contribution is -2.59. The number of carbonyl (C=O) groups excluding carboxylic acids is 4. The molecule has 0 unspecified atom stereocenters. The highest BCUT2D eigenvalue weighted by Gasteiger charge is 2.42. The number of aryl methyl sites for hydroxylation is 1. The van der Waals surface area contributed by atoms with Crippen LogP contribution in [0.5, 0.6) is 0 Å². The van der Waals surface area contributed by atoms with Gasteiger partial charge in [-0.25, -0.2) is 0 Å². The molecule has 236 valence electrons. The Morgan fingerprint density at radius 3 is 2.31 bits per heavy atom. The summed E-state index contributed by atoms with van der Waals surface area (Å²) in [5.74, 6) is -1.20. The predicted octanol–water partition coefficient (Wildman–Crippen LogP) is 3.95. The smallest absolute Gasteiger partial charge is 0.246 e. The number of hydrogen-bond donors (Lipinski definition) is 3. The number of fused-ring (bicyclic) bond motifs is 1. The van der Waals surface area contributed by atoms with Gasteiger partial charge in [0.2, 0.25) is 23.6 Å². The van der Waals surface area contributed by atoms with Crippen LogP contribution in [0.4, 0.5) is 5.69 Å². The maximum absolute atomic E-state index is 13.8. The molecule has 3 aromatic carbocycles. The summed E-state index contributed by atoms with van der Waals surface area (Å²) in [6.45, 7) is 5.60. The molecule has 3 aromatic rings. The van der Waals surface area contributed by atoms with Crippen molar-refractivity contribution >= 4 is 40.9 Å². The second kappa shape index (κ2) is 13.8. The average Bonchev–Trinajstić information content (AvgIpc) is 3.03. The van der Waals surface area contributed by atoms with Gasteiger partial charge in [-0.15, -0.1) is 0 Å². The largest absolute Gasteiger partial charge is 0.342 e. The third-order valence-corrected chi connectivity index (χ3v) is 9.27. The van der Waals surface area contributed by atoms with E-state index >= 15 is 0 Å². The molecule has 4 amide bonds. The van der Waals surface area contributed by atoms with E-state index in [1.165, 1.54) is 10.5 Å². The maximum atomic E-state index is 13.8. The Bertz CT molecular complexity index is 1570. The fourth-order valence-electron chi connectivity index (χ4n) is 6.19. The quantitative estimate of drug-likeness (QED) is 0.313. The van der Waals surface area contributed by atoms with Gasteiger partial charge in [0, 0.05) is 55.0 Å². The van der Waals surface area contributed by atoms with Crippen LogP contribution in [0, 0.1) is 6.92 Å². The zero-order chi connectivity index (χ0) is 32.1. The van der Waals surface area contributed by atoms with Crippen molar-refractivity contribution in [3.05, 3.63) is 100 Å². The predicted molar refractivity (Wildman–Crippen MR) is 175 cm³/mol. The van der Waals surface area contributed by atoms with Gasteiger partial charge in [-0.05, 0) is 60.3 Å². The van der Waals surface area contributed by atoms with Crippen molar-refractivity contribution in [2.75, 3.05) is 25.0 Å². The number of nitrogens with zero attached hydrogens (tertiary/aromatic N) is 2. The van der Waals surface area contributed by atoms with Gasteiger partial charge in [-0.3, -0.25) is 19.2 Å². The number of halogens is 1. The van der Waals surface area contributed by atoms with Crippen LogP contribution in [0.3, 0.4) is 0 Å². The summed E-state index contributed by atoms with van der Waals surface area (Å²) in [7, 11) is 0. The highest BCUT2D eigenvalue weighted by Crippen LogP contribution is 2.34. The second-order valence-electron chi connectivity index (χ2n) is 12.3. The van der Waals surface area contributed by atoms with Gasteiger partial charge in [0.05, 0.1) is 0 Å². The van der Waals surface area contributed by atoms with Crippen molar-refractivity contribution < 1.29 is 19.2 Å². The summed E-state index contributed by atoms with van der Waals surface area (Å²) in [6, 6.07) is 21.2. The van der Waals surface area contributed by atoms with Crippen molar-refractivity contribution in [3.63, 3.8) is 0 Å². The van der Waals surface area contributed by atoms with E-state index in [0.29, 0.717) is 30.2 Å². The fraction of sp³-hybridized carbons (Fsp3) is 0.371. The molecule has 45 heavy (non-hydrogen) atoms. The van der Waals surface area contributed by atoms with Crippen molar-refractivity contribution in [2.24, 2.45) is 5.73 Å². The van der Waals surface area contributed by atoms with Crippen LogP contribution in [0.2, 0.25) is 5.02 Å². The Balaban J connectivity index is 1.24. The van der Waals surface area contributed by atoms with E-state index in [2.05, 4.69) is 29.7 Å². The summed E-state index contributed by atoms with van der Waals surface area (Å²) in [4.78, 5) is 56.9. The highest BCUT2D eigenvalue weighted by molar-refractivity contribution is 6.31. The molecule has 0 aliphatic carbocycles. The molecule has 9 nitrogen and oxygen atoms in total. The molecule has 0 aromatic heterocycles. The molecular weight excluding hydrogens is 590 g/mol. The van der Waals surface area contributed by atoms with E-state index in [4.69, 9.17) is 17.3 Å². The summed E-state index contributed by atoms with van der Waals surface area (Å²) < 4.78 is 0. The number of carbonyl (C=O) groups is 4. The molecule has 2 aliphatic heterocycles.